The molecule has 0 radical (unpaired) electrons. The molecule has 2 heterocycles. The molecule has 0 fully saturated rings. The van der Waals surface area contributed by atoms with Crippen molar-refractivity contribution in [3.05, 3.63) is 72.2 Å². The van der Waals surface area contributed by atoms with Gasteiger partial charge in [0.2, 0.25) is 0 Å². The first-order valence-electron chi connectivity index (χ1n) is 7.13. The number of nitrogens with zero attached hydrogens (tertiary/aromatic N) is 3. The average Bonchev–Trinajstić information content (AvgIpc) is 3.09. The number of pyridine rings is 1. The fourth-order valence-corrected chi connectivity index (χ4v) is 2.81. The molecule has 0 saturated heterocycles. The fraction of sp³-hybridized carbons (Fsp3) is 0.118. The van der Waals surface area contributed by atoms with Gasteiger partial charge in [0.1, 0.15) is 5.03 Å². The summed E-state index contributed by atoms with van der Waals surface area (Å²) in [6.45, 7) is 0.603. The molecule has 6 heteroatoms. The van der Waals surface area contributed by atoms with Gasteiger partial charge in [-0.15, -0.1) is 11.8 Å². The number of nitrogens with one attached hydrogen (secondary N) is 1. The number of para-hydroxylation sites is 1. The summed E-state index contributed by atoms with van der Waals surface area (Å²) in [5, 5.41) is 7.91. The van der Waals surface area contributed by atoms with Gasteiger partial charge in [0.15, 0.2) is 0 Å². The third-order valence-corrected chi connectivity index (χ3v) is 4.08. The van der Waals surface area contributed by atoms with Crippen molar-refractivity contribution < 1.29 is 4.79 Å². The number of rotatable bonds is 5. The number of thioether (sulfide) groups is 1. The molecule has 0 aliphatic heterocycles. The fourth-order valence-electron chi connectivity index (χ4n) is 2.26. The highest BCUT2D eigenvalue weighted by Crippen LogP contribution is 2.21. The molecule has 0 spiro atoms. The predicted octanol–water partition coefficient (Wildman–Crippen LogP) is 3.30. The normalized spacial score (nSPS) is 10.5. The number of amides is 1. The second kappa shape index (κ2) is 7.11. The molecule has 0 unspecified atom stereocenters. The number of anilines is 1. The number of carbonyl (C=O) groups is 1. The largest absolute Gasteiger partial charge is 0.322 e. The van der Waals surface area contributed by atoms with E-state index in [4.69, 9.17) is 0 Å². The summed E-state index contributed by atoms with van der Waals surface area (Å²) < 4.78 is 1.82. The van der Waals surface area contributed by atoms with Crippen LogP contribution in [0.5, 0.6) is 0 Å². The van der Waals surface area contributed by atoms with Crippen LogP contribution in [-0.2, 0) is 6.54 Å². The molecule has 2 aromatic heterocycles. The van der Waals surface area contributed by atoms with Gasteiger partial charge in [0.25, 0.3) is 5.91 Å². The van der Waals surface area contributed by atoms with E-state index in [1.165, 1.54) is 11.8 Å². The Bertz CT molecular complexity index is 802. The van der Waals surface area contributed by atoms with Gasteiger partial charge in [-0.2, -0.15) is 5.10 Å². The van der Waals surface area contributed by atoms with E-state index in [0.29, 0.717) is 12.1 Å². The zero-order valence-corrected chi connectivity index (χ0v) is 13.5. The highest BCUT2D eigenvalue weighted by atomic mass is 32.2. The number of carbonyl (C=O) groups excluding carboxylic acids is 1. The summed E-state index contributed by atoms with van der Waals surface area (Å²) in [7, 11) is 0. The van der Waals surface area contributed by atoms with Crippen molar-refractivity contribution in [2.75, 3.05) is 11.6 Å². The minimum absolute atomic E-state index is 0.157. The van der Waals surface area contributed by atoms with Crippen molar-refractivity contribution in [2.24, 2.45) is 0 Å². The lowest BCUT2D eigenvalue weighted by molar-refractivity contribution is 0.102. The Labute approximate surface area is 138 Å². The Kier molecular flexibility index (Phi) is 4.73. The van der Waals surface area contributed by atoms with Crippen LogP contribution in [0.25, 0.3) is 0 Å². The molecule has 0 atom stereocenters. The van der Waals surface area contributed by atoms with E-state index in [1.807, 2.05) is 47.5 Å². The molecule has 3 rings (SSSR count). The lowest BCUT2D eigenvalue weighted by atomic mass is 10.1. The van der Waals surface area contributed by atoms with Crippen LogP contribution in [0.3, 0.4) is 0 Å². The van der Waals surface area contributed by atoms with Crippen molar-refractivity contribution in [1.29, 1.82) is 0 Å². The molecule has 1 aromatic carbocycles. The summed E-state index contributed by atoms with van der Waals surface area (Å²) >= 11 is 1.46. The van der Waals surface area contributed by atoms with E-state index in [0.717, 1.165) is 16.3 Å². The molecule has 0 aliphatic carbocycles. The van der Waals surface area contributed by atoms with Crippen LogP contribution in [0.15, 0.2) is 66.1 Å². The minimum Gasteiger partial charge on any atom is -0.322 e. The lowest BCUT2D eigenvalue weighted by Gasteiger charge is -2.12. The monoisotopic (exact) mass is 324 g/mol. The average molecular weight is 324 g/mol. The van der Waals surface area contributed by atoms with Crippen molar-refractivity contribution in [3.8, 4) is 0 Å². The van der Waals surface area contributed by atoms with E-state index in [1.54, 1.807) is 24.5 Å². The van der Waals surface area contributed by atoms with Gasteiger partial charge in [0, 0.05) is 24.3 Å². The Morgan fingerprint density at radius 3 is 2.83 bits per heavy atom. The molecule has 23 heavy (non-hydrogen) atoms. The summed E-state index contributed by atoms with van der Waals surface area (Å²) in [6.07, 6.45) is 7.23. The number of hydrogen-bond donors (Lipinski definition) is 1. The number of aromatic nitrogens is 3. The molecule has 0 bridgehead atoms. The summed E-state index contributed by atoms with van der Waals surface area (Å²) in [6, 6.07) is 13.2. The second-order valence-electron chi connectivity index (χ2n) is 4.88. The van der Waals surface area contributed by atoms with E-state index in [9.17, 15) is 4.79 Å². The summed E-state index contributed by atoms with van der Waals surface area (Å²) in [5.41, 5.74) is 2.36. The van der Waals surface area contributed by atoms with Crippen LogP contribution < -0.4 is 5.32 Å². The quantitative estimate of drug-likeness (QED) is 0.732. The van der Waals surface area contributed by atoms with Gasteiger partial charge in [-0.3, -0.25) is 9.48 Å². The third kappa shape index (κ3) is 3.60. The highest BCUT2D eigenvalue weighted by molar-refractivity contribution is 7.98. The molecule has 0 saturated carbocycles. The Morgan fingerprint density at radius 2 is 2.04 bits per heavy atom. The third-order valence-electron chi connectivity index (χ3n) is 3.37. The van der Waals surface area contributed by atoms with Crippen molar-refractivity contribution in [1.82, 2.24) is 14.8 Å². The molecule has 0 aliphatic rings. The van der Waals surface area contributed by atoms with E-state index in [-0.39, 0.29) is 5.91 Å². The summed E-state index contributed by atoms with van der Waals surface area (Å²) in [5.74, 6) is -0.157. The van der Waals surface area contributed by atoms with Crippen LogP contribution in [0, 0.1) is 0 Å². The van der Waals surface area contributed by atoms with Gasteiger partial charge >= 0.3 is 0 Å². The maximum atomic E-state index is 12.6. The minimum atomic E-state index is -0.157. The van der Waals surface area contributed by atoms with Crippen LogP contribution in [-0.4, -0.2) is 26.9 Å². The van der Waals surface area contributed by atoms with Crippen molar-refractivity contribution >= 4 is 23.4 Å². The number of hydrogen-bond acceptors (Lipinski definition) is 4. The standard InChI is InChI=1S/C17H16N4OS/c1-23-17-14(7-4-9-18-17)16(22)20-15-8-3-2-6-13(15)12-21-11-5-10-19-21/h2-11H,12H2,1H3,(H,20,22). The predicted molar refractivity (Wildman–Crippen MR) is 91.7 cm³/mol. The van der Waals surface area contributed by atoms with Crippen molar-refractivity contribution in [3.63, 3.8) is 0 Å². The van der Waals surface area contributed by atoms with Crippen molar-refractivity contribution in [2.45, 2.75) is 11.6 Å². The molecule has 1 amide bonds. The van der Waals surface area contributed by atoms with E-state index < -0.39 is 0 Å². The molecule has 5 nitrogen and oxygen atoms in total. The molecular weight excluding hydrogens is 308 g/mol. The first-order valence-corrected chi connectivity index (χ1v) is 8.36. The van der Waals surface area contributed by atoms with Gasteiger partial charge in [-0.25, -0.2) is 4.98 Å². The van der Waals surface area contributed by atoms with Gasteiger partial charge in [-0.1, -0.05) is 18.2 Å². The zero-order chi connectivity index (χ0) is 16.1. The molecule has 116 valence electrons. The van der Waals surface area contributed by atoms with Crippen LogP contribution >= 0.6 is 11.8 Å². The Balaban J connectivity index is 1.84. The lowest BCUT2D eigenvalue weighted by Crippen LogP contribution is -2.15. The highest BCUT2D eigenvalue weighted by Gasteiger charge is 2.13. The molecular formula is C17H16N4OS. The summed E-state index contributed by atoms with van der Waals surface area (Å²) in [4.78, 5) is 16.8. The maximum absolute atomic E-state index is 12.6. The second-order valence-corrected chi connectivity index (χ2v) is 5.67. The first-order chi connectivity index (χ1) is 11.3. The Morgan fingerprint density at radius 1 is 1.17 bits per heavy atom. The van der Waals surface area contributed by atoms with Crippen LogP contribution in [0.4, 0.5) is 5.69 Å². The van der Waals surface area contributed by atoms with Crippen LogP contribution in [0.2, 0.25) is 0 Å². The Hall–Kier alpha value is -2.60. The number of benzene rings is 1. The van der Waals surface area contributed by atoms with E-state index >= 15 is 0 Å². The van der Waals surface area contributed by atoms with Crippen LogP contribution in [0.1, 0.15) is 15.9 Å². The zero-order valence-electron chi connectivity index (χ0n) is 12.6. The maximum Gasteiger partial charge on any atom is 0.258 e. The SMILES string of the molecule is CSc1ncccc1C(=O)Nc1ccccc1Cn1cccn1. The smallest absolute Gasteiger partial charge is 0.258 e. The van der Waals surface area contributed by atoms with Gasteiger partial charge in [-0.05, 0) is 36.1 Å². The molecule has 3 aromatic rings. The topological polar surface area (TPSA) is 59.8 Å². The molecule has 1 N–H and O–H groups in total. The van der Waals surface area contributed by atoms with E-state index in [2.05, 4.69) is 15.4 Å². The van der Waals surface area contributed by atoms with Gasteiger partial charge in [0.05, 0.1) is 12.1 Å². The van der Waals surface area contributed by atoms with Gasteiger partial charge < -0.3 is 5.32 Å². The first kappa shape index (κ1) is 15.3.